The Bertz CT molecular complexity index is 889. The smallest absolute Gasteiger partial charge is 0.336 e. The molecule has 1 fully saturated rings. The van der Waals surface area contributed by atoms with E-state index >= 15 is 0 Å². The molecule has 2 N–H and O–H groups in total. The zero-order valence-electron chi connectivity index (χ0n) is 12.7. The van der Waals surface area contributed by atoms with Crippen LogP contribution in [0.25, 0.3) is 0 Å². The Morgan fingerprint density at radius 1 is 1.17 bits per heavy atom. The van der Waals surface area contributed by atoms with Gasteiger partial charge in [-0.2, -0.15) is 0 Å². The predicted molar refractivity (Wildman–Crippen MR) is 85.5 cm³/mol. The van der Waals surface area contributed by atoms with Gasteiger partial charge in [-0.1, -0.05) is 12.1 Å². The highest BCUT2D eigenvalue weighted by molar-refractivity contribution is 7.91. The molecule has 2 aromatic rings. The minimum Gasteiger partial charge on any atom is -0.478 e. The van der Waals surface area contributed by atoms with Gasteiger partial charge in [0.05, 0.1) is 15.4 Å². The van der Waals surface area contributed by atoms with Gasteiger partial charge < -0.3 is 10.4 Å². The third-order valence-corrected chi connectivity index (χ3v) is 5.92. The Hall–Kier alpha value is -2.25. The average Bonchev–Trinajstić information content (AvgIpc) is 3.08. The van der Waals surface area contributed by atoms with Crippen molar-refractivity contribution in [3.05, 3.63) is 59.4 Å². The summed E-state index contributed by atoms with van der Waals surface area (Å²) in [6.07, 6.45) is 0.802. The zero-order chi connectivity index (χ0) is 17.3. The topological polar surface area (TPSA) is 83.5 Å². The number of halogens is 1. The van der Waals surface area contributed by atoms with Gasteiger partial charge in [-0.15, -0.1) is 0 Å². The minimum absolute atomic E-state index is 0.0267. The molecule has 0 saturated carbocycles. The number of nitrogens with one attached hydrogen (secondary N) is 1. The molecule has 0 aliphatic carbocycles. The Morgan fingerprint density at radius 2 is 1.92 bits per heavy atom. The maximum absolute atomic E-state index is 13.3. The molecule has 1 saturated heterocycles. The van der Waals surface area contributed by atoms with E-state index in [0.717, 1.165) is 31.2 Å². The molecule has 1 aliphatic heterocycles. The third kappa shape index (κ3) is 3.05. The van der Waals surface area contributed by atoms with E-state index in [1.807, 2.05) is 0 Å². The molecule has 126 valence electrons. The van der Waals surface area contributed by atoms with Crippen LogP contribution in [0, 0.1) is 5.82 Å². The molecule has 0 radical (unpaired) electrons. The molecule has 1 aliphatic rings. The van der Waals surface area contributed by atoms with Crippen molar-refractivity contribution in [2.24, 2.45) is 0 Å². The Labute approximate surface area is 139 Å². The highest BCUT2D eigenvalue weighted by Gasteiger charge is 2.26. The number of rotatable bonds is 4. The molecule has 1 heterocycles. The lowest BCUT2D eigenvalue weighted by atomic mass is 9.93. The standard InChI is InChI=1S/C17H16FNO4S/c18-12-2-1-3-13(8-12)24(22,23)14-4-5-15(11-6-7-19-10-11)16(9-14)17(20)21/h1-5,8-9,11,19H,6-7,10H2,(H,20,21). The number of carboxylic acids is 1. The SMILES string of the molecule is O=C(O)c1cc(S(=O)(=O)c2cccc(F)c2)ccc1C1CCNC1. The highest BCUT2D eigenvalue weighted by atomic mass is 32.2. The summed E-state index contributed by atoms with van der Waals surface area (Å²) in [6, 6.07) is 8.76. The Kier molecular flexibility index (Phi) is 4.38. The second kappa shape index (κ2) is 6.33. The summed E-state index contributed by atoms with van der Waals surface area (Å²) >= 11 is 0. The van der Waals surface area contributed by atoms with Gasteiger partial charge in [0.25, 0.3) is 0 Å². The van der Waals surface area contributed by atoms with Gasteiger partial charge in [0.2, 0.25) is 9.84 Å². The number of hydrogen-bond donors (Lipinski definition) is 2. The number of carboxylic acid groups (broad SMARTS) is 1. The van der Waals surface area contributed by atoms with E-state index in [1.165, 1.54) is 18.2 Å². The summed E-state index contributed by atoms with van der Waals surface area (Å²) in [7, 11) is -3.98. The molecule has 7 heteroatoms. The van der Waals surface area contributed by atoms with Crippen molar-refractivity contribution >= 4 is 15.8 Å². The predicted octanol–water partition coefficient (Wildman–Crippen LogP) is 2.43. The first kappa shape index (κ1) is 16.6. The molecule has 1 unspecified atom stereocenters. The number of aromatic carboxylic acids is 1. The van der Waals surface area contributed by atoms with Crippen molar-refractivity contribution in [3.63, 3.8) is 0 Å². The Morgan fingerprint density at radius 3 is 2.54 bits per heavy atom. The third-order valence-electron chi connectivity index (χ3n) is 4.17. The van der Waals surface area contributed by atoms with Crippen molar-refractivity contribution in [3.8, 4) is 0 Å². The molecule has 5 nitrogen and oxygen atoms in total. The van der Waals surface area contributed by atoms with E-state index in [4.69, 9.17) is 0 Å². The number of hydrogen-bond acceptors (Lipinski definition) is 4. The van der Waals surface area contributed by atoms with Crippen LogP contribution >= 0.6 is 0 Å². The minimum atomic E-state index is -3.98. The summed E-state index contributed by atoms with van der Waals surface area (Å²) in [5.74, 6) is -1.79. The summed E-state index contributed by atoms with van der Waals surface area (Å²) in [6.45, 7) is 1.46. The van der Waals surface area contributed by atoms with Gasteiger partial charge in [0.15, 0.2) is 0 Å². The lowest BCUT2D eigenvalue weighted by Gasteiger charge is -2.14. The summed E-state index contributed by atoms with van der Waals surface area (Å²) in [5, 5.41) is 12.6. The fourth-order valence-corrected chi connectivity index (χ4v) is 4.25. The normalized spacial score (nSPS) is 17.8. The van der Waals surface area contributed by atoms with E-state index < -0.39 is 21.6 Å². The van der Waals surface area contributed by atoms with Crippen LogP contribution in [0.2, 0.25) is 0 Å². The average molecular weight is 349 g/mol. The van der Waals surface area contributed by atoms with Gasteiger partial charge in [0.1, 0.15) is 5.82 Å². The van der Waals surface area contributed by atoms with Gasteiger partial charge in [-0.3, -0.25) is 0 Å². The van der Waals surface area contributed by atoms with Gasteiger partial charge in [-0.25, -0.2) is 17.6 Å². The van der Waals surface area contributed by atoms with Crippen molar-refractivity contribution < 1.29 is 22.7 Å². The monoisotopic (exact) mass is 349 g/mol. The van der Waals surface area contributed by atoms with Crippen LogP contribution in [0.1, 0.15) is 28.3 Å². The molecule has 2 aromatic carbocycles. The maximum atomic E-state index is 13.3. The van der Waals surface area contributed by atoms with Gasteiger partial charge in [-0.05, 0) is 54.8 Å². The molecule has 1 atom stereocenters. The summed E-state index contributed by atoms with van der Waals surface area (Å²) in [5.41, 5.74) is 0.590. The van der Waals surface area contributed by atoms with Crippen molar-refractivity contribution in [2.45, 2.75) is 22.1 Å². The number of benzene rings is 2. The summed E-state index contributed by atoms with van der Waals surface area (Å²) < 4.78 is 38.6. The number of carbonyl (C=O) groups is 1. The second-order valence-corrected chi connectivity index (χ2v) is 7.65. The Balaban J connectivity index is 2.08. The second-order valence-electron chi connectivity index (χ2n) is 5.70. The maximum Gasteiger partial charge on any atom is 0.336 e. The van der Waals surface area contributed by atoms with E-state index in [9.17, 15) is 22.7 Å². The van der Waals surface area contributed by atoms with Gasteiger partial charge >= 0.3 is 5.97 Å². The first-order valence-corrected chi connectivity index (χ1v) is 8.96. The molecular weight excluding hydrogens is 333 g/mol. The van der Waals surface area contributed by atoms with Crippen molar-refractivity contribution in [2.75, 3.05) is 13.1 Å². The van der Waals surface area contributed by atoms with Crippen LogP contribution in [0.5, 0.6) is 0 Å². The highest BCUT2D eigenvalue weighted by Crippen LogP contribution is 2.30. The molecular formula is C17H16FNO4S. The van der Waals surface area contributed by atoms with E-state index in [0.29, 0.717) is 12.1 Å². The van der Waals surface area contributed by atoms with Crippen LogP contribution in [-0.2, 0) is 9.84 Å². The van der Waals surface area contributed by atoms with Crippen molar-refractivity contribution in [1.29, 1.82) is 0 Å². The fourth-order valence-electron chi connectivity index (χ4n) is 2.93. The van der Waals surface area contributed by atoms with E-state index in [2.05, 4.69) is 5.32 Å². The molecule has 24 heavy (non-hydrogen) atoms. The lowest BCUT2D eigenvalue weighted by Crippen LogP contribution is -2.13. The van der Waals surface area contributed by atoms with Crippen LogP contribution in [0.3, 0.4) is 0 Å². The quantitative estimate of drug-likeness (QED) is 0.886. The molecule has 0 bridgehead atoms. The van der Waals surface area contributed by atoms with Crippen LogP contribution in [0.15, 0.2) is 52.3 Å². The molecule has 0 spiro atoms. The van der Waals surface area contributed by atoms with Crippen LogP contribution in [-0.4, -0.2) is 32.6 Å². The first-order valence-electron chi connectivity index (χ1n) is 7.48. The molecule has 3 rings (SSSR count). The van der Waals surface area contributed by atoms with Crippen molar-refractivity contribution in [1.82, 2.24) is 5.32 Å². The van der Waals surface area contributed by atoms with Crippen LogP contribution in [0.4, 0.5) is 4.39 Å². The van der Waals surface area contributed by atoms with E-state index in [-0.39, 0.29) is 21.3 Å². The van der Waals surface area contributed by atoms with Crippen LogP contribution < -0.4 is 5.32 Å². The lowest BCUT2D eigenvalue weighted by molar-refractivity contribution is 0.0695. The largest absolute Gasteiger partial charge is 0.478 e. The molecule has 0 amide bonds. The van der Waals surface area contributed by atoms with Gasteiger partial charge in [0, 0.05) is 6.54 Å². The fraction of sp³-hybridized carbons (Fsp3) is 0.235. The molecule has 0 aromatic heterocycles. The summed E-state index contributed by atoms with van der Waals surface area (Å²) in [4.78, 5) is 11.2. The first-order chi connectivity index (χ1) is 11.4. The van der Waals surface area contributed by atoms with E-state index in [1.54, 1.807) is 6.07 Å². The number of sulfone groups is 1. The zero-order valence-corrected chi connectivity index (χ0v) is 13.5.